The molecule has 0 radical (unpaired) electrons. The van der Waals surface area contributed by atoms with Crippen LogP contribution in [0.15, 0.2) is 0 Å². The summed E-state index contributed by atoms with van der Waals surface area (Å²) in [5.74, 6) is 0. The van der Waals surface area contributed by atoms with Gasteiger partial charge in [-0.25, -0.2) is 0 Å². The van der Waals surface area contributed by atoms with Gasteiger partial charge in [-0.05, 0) is 40.0 Å². The van der Waals surface area contributed by atoms with E-state index in [9.17, 15) is 0 Å². The van der Waals surface area contributed by atoms with Gasteiger partial charge in [-0.2, -0.15) is 0 Å². The molecule has 0 saturated carbocycles. The predicted molar refractivity (Wildman–Crippen MR) is 69.4 cm³/mol. The van der Waals surface area contributed by atoms with Crippen molar-refractivity contribution < 1.29 is 34.3 Å². The van der Waals surface area contributed by atoms with E-state index in [-0.39, 0.29) is 38.6 Å². The van der Waals surface area contributed by atoms with Gasteiger partial charge >= 0.3 is 26.2 Å². The standard InChI is InChI=1S/C12H27BO3.Li.H/c1-7-10(4)14-13(15-11(5)8-2)16-12(6)9-3;;/h10-12H,7-9H2,1-6H3;;/q;+1;-1. The maximum Gasteiger partial charge on any atom is 1.00 e. The van der Waals surface area contributed by atoms with Crippen LogP contribution in [-0.2, 0) is 14.0 Å². The molecule has 0 aliphatic carbocycles. The zero-order valence-corrected chi connectivity index (χ0v) is 12.7. The number of hydrogen-bond acceptors (Lipinski definition) is 3. The van der Waals surface area contributed by atoms with E-state index in [1.165, 1.54) is 0 Å². The van der Waals surface area contributed by atoms with Crippen molar-refractivity contribution in [3.63, 3.8) is 0 Å². The van der Waals surface area contributed by atoms with Crippen molar-refractivity contribution in [2.45, 2.75) is 79.1 Å². The van der Waals surface area contributed by atoms with E-state index in [0.717, 1.165) is 19.3 Å². The first-order valence-electron chi connectivity index (χ1n) is 6.49. The summed E-state index contributed by atoms with van der Waals surface area (Å²) in [6.07, 6.45) is 3.38. The molecular weight excluding hydrogens is 210 g/mol. The fourth-order valence-electron chi connectivity index (χ4n) is 0.954. The zero-order chi connectivity index (χ0) is 12.6. The Balaban J connectivity index is -0.00000112. The largest absolute Gasteiger partial charge is 1.00 e. The van der Waals surface area contributed by atoms with Crippen LogP contribution < -0.4 is 18.9 Å². The molecule has 0 rings (SSSR count). The third-order valence-electron chi connectivity index (χ3n) is 2.76. The molecule has 5 heteroatoms. The summed E-state index contributed by atoms with van der Waals surface area (Å²) in [7, 11) is -0.528. The monoisotopic (exact) mass is 238 g/mol. The van der Waals surface area contributed by atoms with Gasteiger partial charge in [-0.1, -0.05) is 20.8 Å². The van der Waals surface area contributed by atoms with Crippen molar-refractivity contribution in [2.75, 3.05) is 0 Å². The summed E-state index contributed by atoms with van der Waals surface area (Å²) in [5, 5.41) is 0. The van der Waals surface area contributed by atoms with Crippen LogP contribution in [0, 0.1) is 0 Å². The molecule has 0 amide bonds. The summed E-state index contributed by atoms with van der Waals surface area (Å²) in [6.45, 7) is 12.4. The maximum absolute atomic E-state index is 5.70. The average molecular weight is 238 g/mol. The van der Waals surface area contributed by atoms with E-state index in [1.807, 2.05) is 20.8 Å². The molecule has 0 saturated heterocycles. The Hall–Kier alpha value is 0.542. The summed E-state index contributed by atoms with van der Waals surface area (Å²) in [4.78, 5) is 0. The van der Waals surface area contributed by atoms with Gasteiger partial charge in [0.05, 0.1) is 0 Å². The average Bonchev–Trinajstić information content (AvgIpc) is 2.28. The number of rotatable bonds is 9. The van der Waals surface area contributed by atoms with Crippen LogP contribution >= 0.6 is 0 Å². The molecule has 0 aliphatic heterocycles. The predicted octanol–water partition coefficient (Wildman–Crippen LogP) is 0.533. The van der Waals surface area contributed by atoms with Gasteiger partial charge in [-0.15, -0.1) is 0 Å². The van der Waals surface area contributed by atoms with E-state index >= 15 is 0 Å². The van der Waals surface area contributed by atoms with E-state index in [2.05, 4.69) is 20.8 Å². The van der Waals surface area contributed by atoms with Crippen LogP contribution in [0.3, 0.4) is 0 Å². The molecule has 3 unspecified atom stereocenters. The first-order valence-corrected chi connectivity index (χ1v) is 6.49. The third kappa shape index (κ3) is 10.2. The van der Waals surface area contributed by atoms with Crippen LogP contribution in [0.2, 0.25) is 0 Å². The summed E-state index contributed by atoms with van der Waals surface area (Å²) < 4.78 is 17.1. The molecule has 17 heavy (non-hydrogen) atoms. The Morgan fingerprint density at radius 1 is 0.765 bits per heavy atom. The Morgan fingerprint density at radius 2 is 1.00 bits per heavy atom. The minimum Gasteiger partial charge on any atom is -1.00 e. The van der Waals surface area contributed by atoms with E-state index in [1.54, 1.807) is 0 Å². The van der Waals surface area contributed by atoms with Crippen LogP contribution in [0.5, 0.6) is 0 Å². The van der Waals surface area contributed by atoms with Crippen molar-refractivity contribution in [2.24, 2.45) is 0 Å². The number of hydrogen-bond donors (Lipinski definition) is 0. The molecule has 0 aliphatic rings. The molecular formula is C12H28BLiO3. The first-order chi connectivity index (χ1) is 7.53. The molecule has 0 heterocycles. The molecule has 3 nitrogen and oxygen atoms in total. The topological polar surface area (TPSA) is 27.7 Å². The third-order valence-corrected chi connectivity index (χ3v) is 2.76. The summed E-state index contributed by atoms with van der Waals surface area (Å²) >= 11 is 0. The van der Waals surface area contributed by atoms with Crippen molar-refractivity contribution in [1.29, 1.82) is 0 Å². The Bertz CT molecular complexity index is 149. The van der Waals surface area contributed by atoms with Crippen molar-refractivity contribution in [1.82, 2.24) is 0 Å². The normalized spacial score (nSPS) is 15.9. The molecule has 0 fully saturated rings. The Morgan fingerprint density at radius 3 is 1.18 bits per heavy atom. The zero-order valence-electron chi connectivity index (χ0n) is 13.7. The fourth-order valence-corrected chi connectivity index (χ4v) is 0.954. The van der Waals surface area contributed by atoms with Crippen molar-refractivity contribution in [3.05, 3.63) is 0 Å². The molecule has 0 aromatic rings. The van der Waals surface area contributed by atoms with Gasteiger partial charge in [0, 0.05) is 18.3 Å². The van der Waals surface area contributed by atoms with Gasteiger partial charge < -0.3 is 15.4 Å². The Kier molecular flexibility index (Phi) is 13.6. The van der Waals surface area contributed by atoms with E-state index in [4.69, 9.17) is 14.0 Å². The molecule has 0 aromatic carbocycles. The Labute approximate surface area is 121 Å². The molecule has 0 aromatic heterocycles. The molecule has 98 valence electrons. The van der Waals surface area contributed by atoms with Gasteiger partial charge in [-0.3, -0.25) is 0 Å². The second-order valence-corrected chi connectivity index (χ2v) is 4.35. The first kappa shape index (κ1) is 19.9. The quantitative estimate of drug-likeness (QED) is 0.548. The van der Waals surface area contributed by atoms with Gasteiger partial charge in [0.2, 0.25) is 0 Å². The molecule has 0 bridgehead atoms. The van der Waals surface area contributed by atoms with Crippen molar-refractivity contribution in [3.8, 4) is 0 Å². The smallest absolute Gasteiger partial charge is 1.00 e. The fraction of sp³-hybridized carbons (Fsp3) is 1.00. The van der Waals surface area contributed by atoms with Crippen LogP contribution in [0.4, 0.5) is 0 Å². The minimum absolute atomic E-state index is 0. The summed E-state index contributed by atoms with van der Waals surface area (Å²) in [6, 6.07) is 0. The van der Waals surface area contributed by atoms with Crippen LogP contribution in [0.1, 0.15) is 62.2 Å². The molecule has 3 atom stereocenters. The van der Waals surface area contributed by atoms with E-state index in [0.29, 0.717) is 0 Å². The molecule has 0 N–H and O–H groups in total. The maximum atomic E-state index is 5.70. The second kappa shape index (κ2) is 11.6. The van der Waals surface area contributed by atoms with Gasteiger partial charge in [0.15, 0.2) is 0 Å². The van der Waals surface area contributed by atoms with Crippen LogP contribution in [-0.4, -0.2) is 25.6 Å². The molecule has 0 spiro atoms. The van der Waals surface area contributed by atoms with Crippen molar-refractivity contribution >= 4 is 7.32 Å². The van der Waals surface area contributed by atoms with E-state index < -0.39 is 7.32 Å². The van der Waals surface area contributed by atoms with Gasteiger partial charge in [0.25, 0.3) is 0 Å². The van der Waals surface area contributed by atoms with Crippen LogP contribution in [0.25, 0.3) is 0 Å². The second-order valence-electron chi connectivity index (χ2n) is 4.35. The summed E-state index contributed by atoms with van der Waals surface area (Å²) in [5.41, 5.74) is 0. The SMILES string of the molecule is CCC(C)OB(OC(C)CC)OC(C)CC.[H-].[Li+]. The van der Waals surface area contributed by atoms with Gasteiger partial charge in [0.1, 0.15) is 0 Å². The minimum atomic E-state index is -0.528.